The average Bonchev–Trinajstić information content (AvgIpc) is 2.54. The van der Waals surface area contributed by atoms with E-state index < -0.39 is 0 Å². The van der Waals surface area contributed by atoms with E-state index in [9.17, 15) is 14.0 Å². The van der Waals surface area contributed by atoms with Gasteiger partial charge in [-0.2, -0.15) is 0 Å². The zero-order valence-corrected chi connectivity index (χ0v) is 11.5. The molecule has 1 aromatic rings. The van der Waals surface area contributed by atoms with Gasteiger partial charge in [-0.1, -0.05) is 0 Å². The minimum Gasteiger partial charge on any atom is -0.343 e. The molecule has 0 atom stereocenters. The number of hydrogen-bond donors (Lipinski definition) is 1. The highest BCUT2D eigenvalue weighted by Gasteiger charge is 2.30. The molecule has 98 valence electrons. The summed E-state index contributed by atoms with van der Waals surface area (Å²) in [6.45, 7) is 0.450. The fraction of sp³-hybridized carbons (Fsp3) is 0.231. The first-order valence-electron chi connectivity index (χ1n) is 5.85. The first-order chi connectivity index (χ1) is 9.08. The van der Waals surface area contributed by atoms with E-state index in [1.165, 1.54) is 12.1 Å². The van der Waals surface area contributed by atoms with Gasteiger partial charge in [0.05, 0.1) is 16.7 Å². The Kier molecular flexibility index (Phi) is 2.89. The molecule has 3 rings (SSSR count). The Morgan fingerprint density at radius 2 is 2.11 bits per heavy atom. The fourth-order valence-electron chi connectivity index (χ4n) is 2.41. The normalized spacial score (nSPS) is 18.2. The zero-order valence-electron chi connectivity index (χ0n) is 9.87. The van der Waals surface area contributed by atoms with Crippen molar-refractivity contribution in [2.24, 2.45) is 0 Å². The Labute approximate surface area is 117 Å². The predicted octanol–water partition coefficient (Wildman–Crippen LogP) is 1.44. The maximum absolute atomic E-state index is 13.5. The van der Waals surface area contributed by atoms with Crippen LogP contribution in [0.4, 0.5) is 4.39 Å². The van der Waals surface area contributed by atoms with Crippen LogP contribution >= 0.6 is 15.9 Å². The minimum absolute atomic E-state index is 0.00344. The number of rotatable bonds is 0. The van der Waals surface area contributed by atoms with E-state index in [1.54, 1.807) is 11.0 Å². The molecule has 0 radical (unpaired) electrons. The van der Waals surface area contributed by atoms with Gasteiger partial charge in [0.1, 0.15) is 5.82 Å². The van der Waals surface area contributed by atoms with Crippen molar-refractivity contribution in [3.8, 4) is 0 Å². The maximum Gasteiger partial charge on any atom is 0.246 e. The van der Waals surface area contributed by atoms with Crippen LogP contribution in [0.5, 0.6) is 0 Å². The van der Waals surface area contributed by atoms with Gasteiger partial charge >= 0.3 is 0 Å². The number of nitrogens with zero attached hydrogens (tertiary/aromatic N) is 1. The van der Waals surface area contributed by atoms with E-state index in [2.05, 4.69) is 21.2 Å². The maximum atomic E-state index is 13.5. The largest absolute Gasteiger partial charge is 0.343 e. The summed E-state index contributed by atoms with van der Waals surface area (Å²) in [6, 6.07) is 2.94. The zero-order chi connectivity index (χ0) is 13.6. The average molecular weight is 325 g/mol. The number of halogens is 2. The molecule has 0 aromatic heterocycles. The second-order valence-corrected chi connectivity index (χ2v) is 5.22. The van der Waals surface area contributed by atoms with E-state index >= 15 is 0 Å². The molecule has 2 aliphatic heterocycles. The topological polar surface area (TPSA) is 49.4 Å². The van der Waals surface area contributed by atoms with Crippen LogP contribution in [0.3, 0.4) is 0 Å². The van der Waals surface area contributed by atoms with Crippen molar-refractivity contribution in [1.82, 2.24) is 10.2 Å². The SMILES string of the molecule is O=C1C=C2c3ccc(F)c(Br)c3CCN2C(=O)CN1. The Hall–Kier alpha value is -1.69. The van der Waals surface area contributed by atoms with Gasteiger partial charge in [-0.15, -0.1) is 0 Å². The number of amides is 2. The van der Waals surface area contributed by atoms with Gasteiger partial charge in [0, 0.05) is 18.2 Å². The molecule has 1 aromatic carbocycles. The number of carbonyl (C=O) groups excluding carboxylic acids is 2. The number of carbonyl (C=O) groups is 2. The number of fused-ring (bicyclic) bond motifs is 3. The molecule has 6 heteroatoms. The molecule has 0 unspecified atom stereocenters. The summed E-state index contributed by atoms with van der Waals surface area (Å²) in [6.07, 6.45) is 1.96. The number of nitrogens with one attached hydrogen (secondary N) is 1. The molecule has 2 heterocycles. The molecule has 0 spiro atoms. The van der Waals surface area contributed by atoms with Gasteiger partial charge in [-0.25, -0.2) is 4.39 Å². The molecule has 0 aliphatic carbocycles. The van der Waals surface area contributed by atoms with Crippen molar-refractivity contribution in [1.29, 1.82) is 0 Å². The van der Waals surface area contributed by atoms with E-state index in [0.29, 0.717) is 23.1 Å². The van der Waals surface area contributed by atoms with Gasteiger partial charge in [-0.3, -0.25) is 9.59 Å². The molecule has 19 heavy (non-hydrogen) atoms. The minimum atomic E-state index is -0.336. The van der Waals surface area contributed by atoms with Gasteiger partial charge in [0.25, 0.3) is 0 Å². The molecule has 1 N–H and O–H groups in total. The van der Waals surface area contributed by atoms with Crippen LogP contribution < -0.4 is 5.32 Å². The first-order valence-corrected chi connectivity index (χ1v) is 6.64. The lowest BCUT2D eigenvalue weighted by molar-refractivity contribution is -0.128. The fourth-order valence-corrected chi connectivity index (χ4v) is 2.96. The lowest BCUT2D eigenvalue weighted by atomic mass is 9.96. The Balaban J connectivity index is 2.19. The van der Waals surface area contributed by atoms with Crippen LogP contribution in [0.2, 0.25) is 0 Å². The van der Waals surface area contributed by atoms with E-state index in [-0.39, 0.29) is 24.2 Å². The summed E-state index contributed by atoms with van der Waals surface area (Å²) in [5.74, 6) is -0.792. The van der Waals surface area contributed by atoms with Crippen molar-refractivity contribution in [3.63, 3.8) is 0 Å². The smallest absolute Gasteiger partial charge is 0.246 e. The molecule has 0 bridgehead atoms. The van der Waals surface area contributed by atoms with Crippen molar-refractivity contribution in [2.45, 2.75) is 6.42 Å². The predicted molar refractivity (Wildman–Crippen MR) is 70.5 cm³/mol. The molecule has 2 amide bonds. The standard InChI is InChI=1S/C13H10BrFN2O2/c14-13-8-3-4-17-10(7(8)1-2-9(13)15)5-11(18)16-6-12(17)19/h1-2,5H,3-4,6H2,(H,16,18). The highest BCUT2D eigenvalue weighted by Crippen LogP contribution is 2.35. The van der Waals surface area contributed by atoms with Gasteiger partial charge in [0.15, 0.2) is 0 Å². The van der Waals surface area contributed by atoms with Crippen LogP contribution in [0, 0.1) is 5.82 Å². The van der Waals surface area contributed by atoms with Crippen LogP contribution in [0.15, 0.2) is 22.7 Å². The Bertz CT molecular complexity index is 627. The highest BCUT2D eigenvalue weighted by molar-refractivity contribution is 9.10. The third-order valence-corrected chi connectivity index (χ3v) is 4.19. The summed E-state index contributed by atoms with van der Waals surface area (Å²) >= 11 is 3.23. The van der Waals surface area contributed by atoms with Gasteiger partial charge in [0.2, 0.25) is 11.8 Å². The molecule has 0 saturated heterocycles. The number of hydrogen-bond acceptors (Lipinski definition) is 2. The van der Waals surface area contributed by atoms with Crippen molar-refractivity contribution in [2.75, 3.05) is 13.1 Å². The highest BCUT2D eigenvalue weighted by atomic mass is 79.9. The lowest BCUT2D eigenvalue weighted by Gasteiger charge is -2.31. The van der Waals surface area contributed by atoms with Gasteiger partial charge in [-0.05, 0) is 40.0 Å². The summed E-state index contributed by atoms with van der Waals surface area (Å²) < 4.78 is 13.9. The second kappa shape index (κ2) is 4.45. The Morgan fingerprint density at radius 3 is 2.89 bits per heavy atom. The van der Waals surface area contributed by atoms with E-state index in [1.807, 2.05) is 0 Å². The first kappa shape index (κ1) is 12.3. The molecule has 2 aliphatic rings. The quantitative estimate of drug-likeness (QED) is 0.785. The molecular weight excluding hydrogens is 315 g/mol. The summed E-state index contributed by atoms with van der Waals surface area (Å²) in [4.78, 5) is 25.1. The van der Waals surface area contributed by atoms with Crippen LogP contribution in [-0.2, 0) is 16.0 Å². The van der Waals surface area contributed by atoms with Gasteiger partial charge < -0.3 is 10.2 Å². The summed E-state index contributed by atoms with van der Waals surface area (Å²) in [7, 11) is 0. The Morgan fingerprint density at radius 1 is 1.32 bits per heavy atom. The van der Waals surface area contributed by atoms with E-state index in [4.69, 9.17) is 0 Å². The van der Waals surface area contributed by atoms with Crippen LogP contribution in [-0.4, -0.2) is 29.8 Å². The van der Waals surface area contributed by atoms with Crippen LogP contribution in [0.1, 0.15) is 11.1 Å². The third-order valence-electron chi connectivity index (χ3n) is 3.33. The summed E-state index contributed by atoms with van der Waals surface area (Å²) in [5, 5.41) is 2.52. The second-order valence-electron chi connectivity index (χ2n) is 4.43. The lowest BCUT2D eigenvalue weighted by Crippen LogP contribution is -2.38. The monoisotopic (exact) mass is 324 g/mol. The van der Waals surface area contributed by atoms with Crippen molar-refractivity contribution in [3.05, 3.63) is 39.6 Å². The molecule has 4 nitrogen and oxygen atoms in total. The molecule has 0 fully saturated rings. The van der Waals surface area contributed by atoms with Crippen molar-refractivity contribution < 1.29 is 14.0 Å². The molecular formula is C13H10BrFN2O2. The third kappa shape index (κ3) is 1.96. The number of benzene rings is 1. The van der Waals surface area contributed by atoms with Crippen molar-refractivity contribution >= 4 is 33.4 Å². The van der Waals surface area contributed by atoms with Crippen LogP contribution in [0.25, 0.3) is 5.70 Å². The molecule has 0 saturated carbocycles. The van der Waals surface area contributed by atoms with E-state index in [0.717, 1.165) is 11.1 Å². The summed E-state index contributed by atoms with van der Waals surface area (Å²) in [5.41, 5.74) is 2.07.